The van der Waals surface area contributed by atoms with Gasteiger partial charge in [0, 0.05) is 24.5 Å². The molecule has 1 atom stereocenters. The van der Waals surface area contributed by atoms with Crippen LogP contribution in [0.1, 0.15) is 17.0 Å². The zero-order valence-electron chi connectivity index (χ0n) is 11.5. The van der Waals surface area contributed by atoms with E-state index in [1.807, 2.05) is 42.9 Å². The summed E-state index contributed by atoms with van der Waals surface area (Å²) in [5.41, 5.74) is 6.06. The van der Waals surface area contributed by atoms with Crippen molar-refractivity contribution in [2.75, 3.05) is 0 Å². The summed E-state index contributed by atoms with van der Waals surface area (Å²) in [7, 11) is 1.94. The molecule has 2 rings (SSSR count). The minimum absolute atomic E-state index is 0.0981. The lowest BCUT2D eigenvalue weighted by Gasteiger charge is -2.17. The number of aromatic nitrogens is 2. The number of hydrazine groups is 1. The van der Waals surface area contributed by atoms with Gasteiger partial charge >= 0.3 is 0 Å². The minimum atomic E-state index is 0.0981. The maximum absolute atomic E-state index is 6.20. The highest BCUT2D eigenvalue weighted by molar-refractivity contribution is 9.10. The van der Waals surface area contributed by atoms with Crippen LogP contribution in [0.2, 0.25) is 5.02 Å². The zero-order chi connectivity index (χ0) is 14.7. The van der Waals surface area contributed by atoms with Gasteiger partial charge in [0.2, 0.25) is 0 Å². The molecule has 4 nitrogen and oxygen atoms in total. The molecule has 0 aliphatic heterocycles. The molecule has 0 bridgehead atoms. The largest absolute Gasteiger partial charge is 0.271 e. The quantitative estimate of drug-likeness (QED) is 0.639. The minimum Gasteiger partial charge on any atom is -0.271 e. The van der Waals surface area contributed by atoms with Gasteiger partial charge in [-0.25, -0.2) is 0 Å². The molecule has 0 amide bonds. The van der Waals surface area contributed by atoms with Crippen LogP contribution in [0.15, 0.2) is 28.7 Å². The summed E-state index contributed by atoms with van der Waals surface area (Å²) in [6.45, 7) is 1.98. The van der Waals surface area contributed by atoms with Crippen molar-refractivity contribution in [1.29, 1.82) is 0 Å². The molecule has 0 radical (unpaired) electrons. The van der Waals surface area contributed by atoms with E-state index in [4.69, 9.17) is 17.4 Å². The lowest BCUT2D eigenvalue weighted by molar-refractivity contribution is 0.504. The monoisotopic (exact) mass is 356 g/mol. The second-order valence-electron chi connectivity index (χ2n) is 4.83. The average molecular weight is 358 g/mol. The van der Waals surface area contributed by atoms with E-state index in [1.165, 1.54) is 0 Å². The van der Waals surface area contributed by atoms with Crippen LogP contribution in [-0.2, 0) is 19.9 Å². The zero-order valence-corrected chi connectivity index (χ0v) is 13.9. The van der Waals surface area contributed by atoms with Crippen LogP contribution in [-0.4, -0.2) is 15.8 Å². The lowest BCUT2D eigenvalue weighted by Crippen LogP contribution is -2.39. The number of nitrogens with zero attached hydrogens (tertiary/aromatic N) is 2. The first-order chi connectivity index (χ1) is 9.52. The Hall–Kier alpha value is -0.880. The van der Waals surface area contributed by atoms with E-state index in [2.05, 4.69) is 26.5 Å². The molecule has 2 aromatic rings. The van der Waals surface area contributed by atoms with Crippen molar-refractivity contribution in [3.63, 3.8) is 0 Å². The molecule has 6 heteroatoms. The highest BCUT2D eigenvalue weighted by Gasteiger charge is 2.17. The summed E-state index contributed by atoms with van der Waals surface area (Å²) in [5.74, 6) is 5.69. The molecule has 0 aliphatic rings. The molecule has 0 spiro atoms. The summed E-state index contributed by atoms with van der Waals surface area (Å²) in [6.07, 6.45) is 1.55. The number of rotatable bonds is 5. The topological polar surface area (TPSA) is 55.9 Å². The van der Waals surface area contributed by atoms with Gasteiger partial charge < -0.3 is 0 Å². The molecule has 3 N–H and O–H groups in total. The maximum Gasteiger partial charge on any atom is 0.0738 e. The van der Waals surface area contributed by atoms with Crippen molar-refractivity contribution in [2.45, 2.75) is 25.8 Å². The van der Waals surface area contributed by atoms with Gasteiger partial charge in [0.25, 0.3) is 0 Å². The Kier molecular flexibility index (Phi) is 5.21. The van der Waals surface area contributed by atoms with Gasteiger partial charge in [0.05, 0.1) is 15.9 Å². The Balaban J connectivity index is 2.15. The Morgan fingerprint density at radius 2 is 2.10 bits per heavy atom. The number of hydrogen-bond acceptors (Lipinski definition) is 3. The fraction of sp³-hybridized carbons (Fsp3) is 0.357. The molecular formula is C14H18BrClN4. The first-order valence-corrected chi connectivity index (χ1v) is 7.57. The van der Waals surface area contributed by atoms with Gasteiger partial charge in [-0.1, -0.05) is 29.8 Å². The van der Waals surface area contributed by atoms with E-state index < -0.39 is 0 Å². The normalized spacial score (nSPS) is 12.7. The lowest BCUT2D eigenvalue weighted by atomic mass is 10.0. The molecule has 108 valence electrons. The van der Waals surface area contributed by atoms with E-state index in [0.29, 0.717) is 0 Å². The number of benzene rings is 1. The van der Waals surface area contributed by atoms with E-state index in [0.717, 1.165) is 39.3 Å². The molecule has 1 heterocycles. The molecule has 20 heavy (non-hydrogen) atoms. The first kappa shape index (κ1) is 15.5. The van der Waals surface area contributed by atoms with Crippen LogP contribution in [0, 0.1) is 6.92 Å². The maximum atomic E-state index is 6.20. The van der Waals surface area contributed by atoms with Crippen molar-refractivity contribution >= 4 is 27.5 Å². The third kappa shape index (κ3) is 3.41. The van der Waals surface area contributed by atoms with Gasteiger partial charge in [-0.15, -0.1) is 0 Å². The van der Waals surface area contributed by atoms with Crippen molar-refractivity contribution in [3.05, 3.63) is 50.7 Å². The Labute approximate surface area is 132 Å². The van der Waals surface area contributed by atoms with E-state index in [1.54, 1.807) is 0 Å². The fourth-order valence-electron chi connectivity index (χ4n) is 2.25. The van der Waals surface area contributed by atoms with Crippen LogP contribution >= 0.6 is 27.5 Å². The SMILES string of the molecule is Cc1nn(C)c(CC(Cc2ccccc2Cl)NN)c1Br. The molecule has 0 fully saturated rings. The van der Waals surface area contributed by atoms with Crippen molar-refractivity contribution in [2.24, 2.45) is 12.9 Å². The van der Waals surface area contributed by atoms with Crippen LogP contribution in [0.5, 0.6) is 0 Å². The van der Waals surface area contributed by atoms with Gasteiger partial charge in [0.1, 0.15) is 0 Å². The smallest absolute Gasteiger partial charge is 0.0738 e. The van der Waals surface area contributed by atoms with Gasteiger partial charge in [-0.3, -0.25) is 16.0 Å². The van der Waals surface area contributed by atoms with Crippen molar-refractivity contribution < 1.29 is 0 Å². The van der Waals surface area contributed by atoms with E-state index >= 15 is 0 Å². The summed E-state index contributed by atoms with van der Waals surface area (Å²) in [6, 6.07) is 7.93. The van der Waals surface area contributed by atoms with Crippen LogP contribution in [0.4, 0.5) is 0 Å². The molecule has 1 unspecified atom stereocenters. The van der Waals surface area contributed by atoms with Crippen molar-refractivity contribution in [3.8, 4) is 0 Å². The Bertz CT molecular complexity index is 597. The fourth-order valence-corrected chi connectivity index (χ4v) is 2.97. The van der Waals surface area contributed by atoms with Crippen LogP contribution < -0.4 is 11.3 Å². The standard InChI is InChI=1S/C14H18BrClN4/c1-9-14(15)13(20(2)19-9)8-11(18-17)7-10-5-3-4-6-12(10)16/h3-6,11,18H,7-8,17H2,1-2H3. The average Bonchev–Trinajstić information content (AvgIpc) is 2.66. The van der Waals surface area contributed by atoms with E-state index in [-0.39, 0.29) is 6.04 Å². The molecule has 1 aromatic heterocycles. The number of aryl methyl sites for hydroxylation is 2. The summed E-state index contributed by atoms with van der Waals surface area (Å²) >= 11 is 9.78. The van der Waals surface area contributed by atoms with Crippen LogP contribution in [0.3, 0.4) is 0 Å². The molecule has 0 aliphatic carbocycles. The predicted octanol–water partition coefficient (Wildman–Crippen LogP) is 2.76. The summed E-state index contributed by atoms with van der Waals surface area (Å²) < 4.78 is 2.93. The highest BCUT2D eigenvalue weighted by atomic mass is 79.9. The predicted molar refractivity (Wildman–Crippen MR) is 85.6 cm³/mol. The Morgan fingerprint density at radius 3 is 2.65 bits per heavy atom. The van der Waals surface area contributed by atoms with Crippen LogP contribution in [0.25, 0.3) is 0 Å². The third-order valence-corrected chi connectivity index (χ3v) is 4.76. The number of halogens is 2. The Morgan fingerprint density at radius 1 is 1.40 bits per heavy atom. The van der Waals surface area contributed by atoms with Gasteiger partial charge in [-0.2, -0.15) is 5.10 Å². The second kappa shape index (κ2) is 6.72. The second-order valence-corrected chi connectivity index (χ2v) is 6.03. The molecule has 0 saturated heterocycles. The number of nitrogens with one attached hydrogen (secondary N) is 1. The van der Waals surface area contributed by atoms with Gasteiger partial charge in [-0.05, 0) is 40.9 Å². The number of hydrogen-bond donors (Lipinski definition) is 2. The number of nitrogens with two attached hydrogens (primary N) is 1. The molecule has 0 saturated carbocycles. The molecule has 1 aromatic carbocycles. The summed E-state index contributed by atoms with van der Waals surface area (Å²) in [4.78, 5) is 0. The third-order valence-electron chi connectivity index (χ3n) is 3.36. The first-order valence-electron chi connectivity index (χ1n) is 6.40. The van der Waals surface area contributed by atoms with Gasteiger partial charge in [0.15, 0.2) is 0 Å². The van der Waals surface area contributed by atoms with Crippen molar-refractivity contribution in [1.82, 2.24) is 15.2 Å². The summed E-state index contributed by atoms with van der Waals surface area (Å²) in [5, 5.41) is 5.17. The van der Waals surface area contributed by atoms with E-state index in [9.17, 15) is 0 Å². The highest BCUT2D eigenvalue weighted by Crippen LogP contribution is 2.23. The molecular weight excluding hydrogens is 340 g/mol.